The molecule has 0 bridgehead atoms. The van der Waals surface area contributed by atoms with E-state index in [1.54, 1.807) is 11.3 Å². The monoisotopic (exact) mass is 549 g/mol. The Kier molecular flexibility index (Phi) is 5.11. The van der Waals surface area contributed by atoms with E-state index in [-0.39, 0.29) is 6.04 Å². The van der Waals surface area contributed by atoms with Crippen LogP contribution < -0.4 is 5.73 Å². The van der Waals surface area contributed by atoms with Crippen LogP contribution in [0.1, 0.15) is 17.2 Å². The molecule has 17 heavy (non-hydrogen) atoms. The number of thiophene rings is 1. The van der Waals surface area contributed by atoms with Crippen LogP contribution in [0.2, 0.25) is 0 Å². The summed E-state index contributed by atoms with van der Waals surface area (Å²) < 4.78 is 4.38. The van der Waals surface area contributed by atoms with E-state index < -0.39 is 0 Å². The van der Waals surface area contributed by atoms with Gasteiger partial charge in [-0.2, -0.15) is 0 Å². The highest BCUT2D eigenvalue weighted by atomic mass is 127. The summed E-state index contributed by atoms with van der Waals surface area (Å²) in [6, 6.07) is 8.13. The molecule has 1 unspecified atom stereocenters. The number of benzene rings is 1. The summed E-state index contributed by atoms with van der Waals surface area (Å²) in [6.07, 6.45) is 0. The van der Waals surface area contributed by atoms with Gasteiger partial charge >= 0.3 is 0 Å². The van der Waals surface area contributed by atoms with E-state index in [1.165, 1.54) is 3.57 Å². The molecule has 0 fully saturated rings. The van der Waals surface area contributed by atoms with Crippen LogP contribution in [0.4, 0.5) is 0 Å². The third kappa shape index (κ3) is 3.33. The van der Waals surface area contributed by atoms with Crippen molar-refractivity contribution in [2.75, 3.05) is 0 Å². The smallest absolute Gasteiger partial charge is 0.0761 e. The first-order valence-corrected chi connectivity index (χ1v) is 8.91. The van der Waals surface area contributed by atoms with Gasteiger partial charge in [-0.25, -0.2) is 0 Å². The van der Waals surface area contributed by atoms with Gasteiger partial charge in [0, 0.05) is 8.04 Å². The molecular weight excluding hydrogens is 545 g/mol. The van der Waals surface area contributed by atoms with Gasteiger partial charge in [0.05, 0.1) is 13.6 Å². The van der Waals surface area contributed by atoms with Crippen LogP contribution in [0.15, 0.2) is 36.3 Å². The minimum atomic E-state index is -0.129. The highest BCUT2D eigenvalue weighted by Crippen LogP contribution is 2.38. The maximum absolute atomic E-state index is 6.32. The number of nitrogens with two attached hydrogens (primary N) is 1. The normalized spacial score (nSPS) is 12.8. The predicted octanol–water partition coefficient (Wildman–Crippen LogP) is 5.69. The summed E-state index contributed by atoms with van der Waals surface area (Å²) in [7, 11) is 0. The zero-order valence-electron chi connectivity index (χ0n) is 8.38. The highest BCUT2D eigenvalue weighted by Gasteiger charge is 2.17. The molecule has 0 aliphatic carbocycles. The molecule has 0 spiro atoms. The van der Waals surface area contributed by atoms with Crippen molar-refractivity contribution in [1.82, 2.24) is 0 Å². The van der Waals surface area contributed by atoms with Gasteiger partial charge in [0.1, 0.15) is 0 Å². The van der Waals surface area contributed by atoms with Crippen LogP contribution in [-0.2, 0) is 0 Å². The van der Waals surface area contributed by atoms with E-state index in [4.69, 9.17) is 5.73 Å². The maximum atomic E-state index is 6.32. The van der Waals surface area contributed by atoms with Crippen molar-refractivity contribution in [3.63, 3.8) is 0 Å². The predicted molar refractivity (Wildman–Crippen MR) is 92.6 cm³/mol. The molecule has 1 atom stereocenters. The van der Waals surface area contributed by atoms with Crippen molar-refractivity contribution in [2.24, 2.45) is 5.73 Å². The molecule has 90 valence electrons. The second-order valence-electron chi connectivity index (χ2n) is 3.42. The van der Waals surface area contributed by atoms with Gasteiger partial charge in [0.25, 0.3) is 0 Å². The van der Waals surface area contributed by atoms with Crippen molar-refractivity contribution in [3.05, 3.63) is 51.0 Å². The summed E-state index contributed by atoms with van der Waals surface area (Å²) in [6.45, 7) is 0. The summed E-state index contributed by atoms with van der Waals surface area (Å²) in [5.74, 6) is 0. The zero-order valence-corrected chi connectivity index (χ0v) is 16.1. The zero-order chi connectivity index (χ0) is 12.6. The van der Waals surface area contributed by atoms with Crippen molar-refractivity contribution in [1.29, 1.82) is 0 Å². The molecule has 0 aliphatic rings. The van der Waals surface area contributed by atoms with E-state index in [0.29, 0.717) is 0 Å². The first-order chi connectivity index (χ1) is 7.99. The van der Waals surface area contributed by atoms with Crippen molar-refractivity contribution >= 4 is 81.7 Å². The Hall–Kier alpha value is 1.05. The van der Waals surface area contributed by atoms with Gasteiger partial charge in [-0.3, -0.25) is 0 Å². The van der Waals surface area contributed by atoms with Crippen LogP contribution in [0, 0.1) is 3.57 Å². The molecule has 0 amide bonds. The average Bonchev–Trinajstić information content (AvgIpc) is 2.60. The van der Waals surface area contributed by atoms with Crippen molar-refractivity contribution < 1.29 is 0 Å². The van der Waals surface area contributed by atoms with E-state index in [9.17, 15) is 0 Å². The standard InChI is InChI=1S/C11H7Br3INS/c12-8-2-1-5(15)3-6(8)10(16)7-4-9(13)17-11(7)14/h1-4,10H,16H2. The third-order valence-electron chi connectivity index (χ3n) is 2.31. The first-order valence-electron chi connectivity index (χ1n) is 4.64. The molecule has 2 rings (SSSR count). The Labute approximate surface area is 143 Å². The topological polar surface area (TPSA) is 26.0 Å². The average molecular weight is 552 g/mol. The molecular formula is C11H7Br3INS. The van der Waals surface area contributed by atoms with Crippen molar-refractivity contribution in [2.45, 2.75) is 6.04 Å². The van der Waals surface area contributed by atoms with Crippen LogP contribution in [0.5, 0.6) is 0 Å². The minimum absolute atomic E-state index is 0.129. The molecule has 1 aromatic carbocycles. The molecule has 2 N–H and O–H groups in total. The number of halogens is 4. The number of rotatable bonds is 2. The van der Waals surface area contributed by atoms with Gasteiger partial charge in [-0.1, -0.05) is 15.9 Å². The summed E-state index contributed by atoms with van der Waals surface area (Å²) in [4.78, 5) is 0. The quantitative estimate of drug-likeness (QED) is 0.477. The summed E-state index contributed by atoms with van der Waals surface area (Å²) in [5.41, 5.74) is 8.52. The Morgan fingerprint density at radius 2 is 1.82 bits per heavy atom. The Bertz CT molecular complexity index is 556. The summed E-state index contributed by atoms with van der Waals surface area (Å²) in [5, 5.41) is 0. The molecule has 1 heterocycles. The first kappa shape index (κ1) is 14.5. The lowest BCUT2D eigenvalue weighted by Crippen LogP contribution is -2.12. The summed E-state index contributed by atoms with van der Waals surface area (Å²) >= 11 is 14.5. The lowest BCUT2D eigenvalue weighted by atomic mass is 10.0. The lowest BCUT2D eigenvalue weighted by molar-refractivity contribution is 0.865. The molecule has 0 saturated heterocycles. The molecule has 0 aliphatic heterocycles. The number of hydrogen-bond acceptors (Lipinski definition) is 2. The van der Waals surface area contributed by atoms with Gasteiger partial charge in [-0.15, -0.1) is 11.3 Å². The van der Waals surface area contributed by atoms with Gasteiger partial charge in [-0.05, 0) is 89.8 Å². The van der Waals surface area contributed by atoms with Crippen LogP contribution >= 0.6 is 81.7 Å². The van der Waals surface area contributed by atoms with E-state index in [0.717, 1.165) is 23.2 Å². The molecule has 1 aromatic heterocycles. The molecule has 2 aromatic rings. The van der Waals surface area contributed by atoms with Crippen LogP contribution in [0.25, 0.3) is 0 Å². The van der Waals surface area contributed by atoms with Gasteiger partial charge < -0.3 is 5.73 Å². The van der Waals surface area contributed by atoms with E-state index in [1.807, 2.05) is 6.07 Å². The molecule has 0 saturated carbocycles. The fraction of sp³-hybridized carbons (Fsp3) is 0.0909. The molecule has 1 nitrogen and oxygen atoms in total. The Morgan fingerprint density at radius 1 is 1.12 bits per heavy atom. The fourth-order valence-corrected chi connectivity index (χ4v) is 5.42. The van der Waals surface area contributed by atoms with E-state index >= 15 is 0 Å². The number of hydrogen-bond donors (Lipinski definition) is 1. The Morgan fingerprint density at radius 3 is 2.41 bits per heavy atom. The third-order valence-corrected chi connectivity index (χ3v) is 6.09. The second kappa shape index (κ2) is 6.00. The SMILES string of the molecule is NC(c1cc(I)ccc1Br)c1cc(Br)sc1Br. The van der Waals surface area contributed by atoms with Crippen molar-refractivity contribution in [3.8, 4) is 0 Å². The largest absolute Gasteiger partial charge is 0.320 e. The second-order valence-corrected chi connectivity index (χ2v) is 9.27. The Balaban J connectivity index is 2.46. The van der Waals surface area contributed by atoms with E-state index in [2.05, 4.69) is 88.6 Å². The minimum Gasteiger partial charge on any atom is -0.320 e. The highest BCUT2D eigenvalue weighted by molar-refractivity contribution is 14.1. The van der Waals surface area contributed by atoms with Crippen LogP contribution in [-0.4, -0.2) is 0 Å². The molecule has 0 radical (unpaired) electrons. The maximum Gasteiger partial charge on any atom is 0.0761 e. The fourth-order valence-electron chi connectivity index (χ4n) is 1.49. The van der Waals surface area contributed by atoms with Gasteiger partial charge in [0.15, 0.2) is 0 Å². The van der Waals surface area contributed by atoms with Crippen LogP contribution in [0.3, 0.4) is 0 Å². The van der Waals surface area contributed by atoms with Gasteiger partial charge in [0.2, 0.25) is 0 Å². The molecule has 6 heteroatoms. The lowest BCUT2D eigenvalue weighted by Gasteiger charge is -2.14.